The average molecular weight is 550 g/mol. The SMILES string of the molecule is O=C(OC(=O)C(=O)On1cnc2cncnc21)C(=O)OC(=O)C(=O)On1cnc2cncnc21.[KH].[KH]. The van der Waals surface area contributed by atoms with E-state index in [-0.39, 0.29) is 125 Å². The third-order valence-electron chi connectivity index (χ3n) is 3.60. The van der Waals surface area contributed by atoms with E-state index in [1.807, 2.05) is 0 Å². The predicted molar refractivity (Wildman–Crippen MR) is 110 cm³/mol. The van der Waals surface area contributed by atoms with Crippen LogP contribution < -0.4 is 9.68 Å². The molecule has 18 nitrogen and oxygen atoms in total. The predicted octanol–water partition coefficient (Wildman–Crippen LogP) is -4.58. The van der Waals surface area contributed by atoms with E-state index in [1.54, 1.807) is 0 Å². The molecule has 0 radical (unpaired) electrons. The van der Waals surface area contributed by atoms with Gasteiger partial charge in [-0.3, -0.25) is 0 Å². The molecule has 36 heavy (non-hydrogen) atoms. The Hall–Kier alpha value is -2.41. The topological polar surface area (TPSA) is 227 Å². The minimum atomic E-state index is -2.10. The number of imidazole rings is 2. The second-order valence-electron chi connectivity index (χ2n) is 5.72. The molecule has 0 bridgehead atoms. The molecule has 0 fully saturated rings. The zero-order valence-corrected chi connectivity index (χ0v) is 16.1. The number of fused-ring (bicyclic) bond motifs is 2. The van der Waals surface area contributed by atoms with Gasteiger partial charge in [0, 0.05) is 0 Å². The van der Waals surface area contributed by atoms with Gasteiger partial charge in [0.1, 0.15) is 36.3 Å². The van der Waals surface area contributed by atoms with E-state index in [0.29, 0.717) is 9.46 Å². The second kappa shape index (κ2) is 13.2. The van der Waals surface area contributed by atoms with Crippen molar-refractivity contribution in [2.75, 3.05) is 0 Å². The molecule has 0 unspecified atom stereocenters. The van der Waals surface area contributed by atoms with E-state index in [1.165, 1.54) is 12.4 Å². The Balaban J connectivity index is 0.00000228. The van der Waals surface area contributed by atoms with Crippen LogP contribution in [-0.2, 0) is 38.2 Å². The van der Waals surface area contributed by atoms with Gasteiger partial charge in [-0.2, -0.15) is 0 Å². The standard InChI is InChI=1S/C16H6N8O10.2K.2H/c25-11(31-13(27)15(29)33-23-5-21-7-1-17-3-19-9(7)23)12(26)32-14(28)16(30)34-24-6-22-8-2-18-4-20-10(8)24;;;;/h1-6H;;;;. The molecule has 0 aliphatic heterocycles. The van der Waals surface area contributed by atoms with Crippen LogP contribution in [0.4, 0.5) is 0 Å². The Labute approximate surface area is 281 Å². The summed E-state index contributed by atoms with van der Waals surface area (Å²) in [6.07, 6.45) is 6.74. The first-order chi connectivity index (χ1) is 16.3. The number of aromatic nitrogens is 8. The maximum absolute atomic E-state index is 11.8. The summed E-state index contributed by atoms with van der Waals surface area (Å²) in [4.78, 5) is 102. The molecular formula is C16H8K2N8O10. The summed E-state index contributed by atoms with van der Waals surface area (Å²) in [5.41, 5.74) is 0.431. The van der Waals surface area contributed by atoms with Crippen LogP contribution in [0.15, 0.2) is 37.7 Å². The summed E-state index contributed by atoms with van der Waals surface area (Å²) in [6, 6.07) is 0. The Morgan fingerprint density at radius 1 is 0.556 bits per heavy atom. The normalized spacial score (nSPS) is 9.89. The van der Waals surface area contributed by atoms with Crippen molar-refractivity contribution in [1.82, 2.24) is 39.4 Å². The summed E-state index contributed by atoms with van der Waals surface area (Å²) in [7, 11) is 0. The Kier molecular flexibility index (Phi) is 11.0. The van der Waals surface area contributed by atoms with Crippen molar-refractivity contribution >= 4 is 161 Å². The fourth-order valence-electron chi connectivity index (χ4n) is 2.21. The van der Waals surface area contributed by atoms with Gasteiger partial charge in [0.05, 0.1) is 12.4 Å². The van der Waals surface area contributed by atoms with Gasteiger partial charge >= 0.3 is 139 Å². The number of nitrogens with zero attached hydrogens (tertiary/aromatic N) is 8. The van der Waals surface area contributed by atoms with E-state index >= 15 is 0 Å². The molecule has 4 rings (SSSR count). The first-order valence-electron chi connectivity index (χ1n) is 8.57. The fourth-order valence-corrected chi connectivity index (χ4v) is 2.21. The zero-order chi connectivity index (χ0) is 24.2. The summed E-state index contributed by atoms with van der Waals surface area (Å²) in [6.45, 7) is 0. The summed E-state index contributed by atoms with van der Waals surface area (Å²) >= 11 is 0. The zero-order valence-electron chi connectivity index (χ0n) is 16.1. The van der Waals surface area contributed by atoms with E-state index in [9.17, 15) is 28.8 Å². The van der Waals surface area contributed by atoms with E-state index in [2.05, 4.69) is 49.1 Å². The second-order valence-corrected chi connectivity index (χ2v) is 5.72. The van der Waals surface area contributed by atoms with Crippen molar-refractivity contribution in [3.05, 3.63) is 37.7 Å². The third kappa shape index (κ3) is 6.87. The molecule has 0 saturated heterocycles. The van der Waals surface area contributed by atoms with E-state index in [4.69, 9.17) is 0 Å². The Morgan fingerprint density at radius 2 is 0.917 bits per heavy atom. The Morgan fingerprint density at radius 3 is 1.31 bits per heavy atom. The monoisotopic (exact) mass is 550 g/mol. The number of carbonyl (C=O) groups excluding carboxylic acids is 6. The minimum absolute atomic E-state index is 0. The number of hydrogen-bond acceptors (Lipinski definition) is 16. The van der Waals surface area contributed by atoms with Gasteiger partial charge in [-0.05, 0) is 0 Å². The van der Waals surface area contributed by atoms with Gasteiger partial charge in [-0.1, -0.05) is 0 Å². The summed E-state index contributed by atoms with van der Waals surface area (Å²) in [5, 5.41) is 0. The molecule has 0 N–H and O–H groups in total. The Bertz CT molecular complexity index is 1390. The molecule has 0 saturated carbocycles. The number of ether oxygens (including phenoxy) is 2. The van der Waals surface area contributed by atoms with Gasteiger partial charge in [-0.15, -0.1) is 9.46 Å². The van der Waals surface area contributed by atoms with Crippen LogP contribution in [0.25, 0.3) is 22.3 Å². The number of esters is 4. The van der Waals surface area contributed by atoms with Crippen LogP contribution >= 0.6 is 0 Å². The van der Waals surface area contributed by atoms with Crippen LogP contribution in [0.3, 0.4) is 0 Å². The first-order valence-corrected chi connectivity index (χ1v) is 8.57. The molecule has 0 aliphatic rings. The van der Waals surface area contributed by atoms with Crippen LogP contribution in [0.2, 0.25) is 0 Å². The molecule has 0 amide bonds. The fraction of sp³-hybridized carbons (Fsp3) is 0. The van der Waals surface area contributed by atoms with Crippen LogP contribution in [-0.4, -0.2) is 178 Å². The molecule has 0 aromatic carbocycles. The van der Waals surface area contributed by atoms with Crippen molar-refractivity contribution in [3.63, 3.8) is 0 Å². The van der Waals surface area contributed by atoms with Gasteiger partial charge in [-0.25, -0.2) is 58.7 Å². The van der Waals surface area contributed by atoms with Crippen LogP contribution in [0.5, 0.6) is 0 Å². The van der Waals surface area contributed by atoms with Gasteiger partial charge in [0.2, 0.25) is 0 Å². The molecule has 4 aromatic rings. The maximum atomic E-state index is 11.8. The molecule has 4 aromatic heterocycles. The molecule has 0 aliphatic carbocycles. The number of hydrogen-bond donors (Lipinski definition) is 0. The first kappa shape index (κ1) is 29.8. The van der Waals surface area contributed by atoms with E-state index < -0.39 is 35.8 Å². The quantitative estimate of drug-likeness (QED) is 0.0990. The van der Waals surface area contributed by atoms with Gasteiger partial charge < -0.3 is 19.1 Å². The summed E-state index contributed by atoms with van der Waals surface area (Å²) < 4.78 is 9.25. The van der Waals surface area contributed by atoms with Crippen molar-refractivity contribution in [2.45, 2.75) is 0 Å². The molecule has 0 atom stereocenters. The average Bonchev–Trinajstić information content (AvgIpc) is 3.43. The van der Waals surface area contributed by atoms with E-state index in [0.717, 1.165) is 25.3 Å². The van der Waals surface area contributed by atoms with Crippen LogP contribution in [0, 0.1) is 0 Å². The molecule has 4 heterocycles. The summed E-state index contributed by atoms with van der Waals surface area (Å²) in [5.74, 6) is -11.6. The van der Waals surface area contributed by atoms with Gasteiger partial charge in [0.25, 0.3) is 0 Å². The van der Waals surface area contributed by atoms with Crippen molar-refractivity contribution in [1.29, 1.82) is 0 Å². The van der Waals surface area contributed by atoms with Crippen molar-refractivity contribution in [2.24, 2.45) is 0 Å². The molecule has 174 valence electrons. The number of rotatable bonds is 2. The third-order valence-corrected chi connectivity index (χ3v) is 3.60. The number of carbonyl (C=O) groups is 6. The van der Waals surface area contributed by atoms with Crippen LogP contribution in [0.1, 0.15) is 0 Å². The molecular weight excluding hydrogens is 542 g/mol. The van der Waals surface area contributed by atoms with Gasteiger partial charge in [0.15, 0.2) is 11.3 Å². The molecule has 0 spiro atoms. The molecule has 20 heteroatoms. The van der Waals surface area contributed by atoms with Crippen molar-refractivity contribution < 1.29 is 47.9 Å². The van der Waals surface area contributed by atoms with Crippen molar-refractivity contribution in [3.8, 4) is 0 Å².